The van der Waals surface area contributed by atoms with Gasteiger partial charge in [0.1, 0.15) is 0 Å². The van der Waals surface area contributed by atoms with Crippen molar-refractivity contribution >= 4 is 29.1 Å². The first-order valence-corrected chi connectivity index (χ1v) is 11.4. The Morgan fingerprint density at radius 2 is 1.71 bits per heavy atom. The summed E-state index contributed by atoms with van der Waals surface area (Å²) in [7, 11) is 0. The van der Waals surface area contributed by atoms with Gasteiger partial charge in [-0.25, -0.2) is 0 Å². The van der Waals surface area contributed by atoms with E-state index in [2.05, 4.69) is 15.6 Å². The lowest BCUT2D eigenvalue weighted by Gasteiger charge is -2.32. The number of carbonyl (C=O) groups excluding carboxylic acids is 2. The smallest absolute Gasteiger partial charge is 0.230 e. The third kappa shape index (κ3) is 5.08. The number of nitrogens with one attached hydrogen (secondary N) is 2. The van der Waals surface area contributed by atoms with Crippen molar-refractivity contribution < 1.29 is 9.59 Å². The minimum Gasteiger partial charge on any atom is -0.354 e. The molecule has 2 saturated carbocycles. The molecule has 0 radical (unpaired) electrons. The first-order valence-electron chi connectivity index (χ1n) is 11.0. The summed E-state index contributed by atoms with van der Waals surface area (Å²) in [5, 5.41) is 6.72. The van der Waals surface area contributed by atoms with E-state index >= 15 is 0 Å². The molecule has 1 aromatic heterocycles. The van der Waals surface area contributed by atoms with Gasteiger partial charge in [-0.1, -0.05) is 23.7 Å². The van der Waals surface area contributed by atoms with Crippen LogP contribution in [-0.2, 0) is 15.0 Å². The number of anilines is 1. The lowest BCUT2D eigenvalue weighted by Crippen LogP contribution is -2.46. The lowest BCUT2D eigenvalue weighted by molar-refractivity contribution is -0.123. The van der Waals surface area contributed by atoms with Crippen LogP contribution in [0.5, 0.6) is 0 Å². The number of halogens is 1. The van der Waals surface area contributed by atoms with E-state index in [1.807, 2.05) is 24.3 Å². The second-order valence-electron chi connectivity index (χ2n) is 8.80. The maximum atomic E-state index is 12.9. The van der Waals surface area contributed by atoms with Crippen LogP contribution < -0.4 is 16.4 Å². The molecule has 2 aromatic rings. The number of aromatic nitrogens is 1. The quantitative estimate of drug-likeness (QED) is 0.612. The predicted molar refractivity (Wildman–Crippen MR) is 122 cm³/mol. The summed E-state index contributed by atoms with van der Waals surface area (Å²) in [6, 6.07) is 11.0. The van der Waals surface area contributed by atoms with Crippen LogP contribution in [0.2, 0.25) is 5.02 Å². The van der Waals surface area contributed by atoms with Gasteiger partial charge in [-0.05, 0) is 74.3 Å². The van der Waals surface area contributed by atoms with E-state index in [1.54, 1.807) is 24.5 Å². The van der Waals surface area contributed by atoms with E-state index in [0.717, 1.165) is 49.8 Å². The standard InChI is InChI=1S/C24H29ClN4O2/c25-19-7-5-18(6-8-19)24(11-12-24)23(31)28-15-21(26)16-1-3-17(4-2-16)22(30)29-20-9-13-27-14-10-20/h5-10,13-14,16-17,21H,1-4,11-12,15,26H2,(H,28,31)(H,27,29,30)/t16?,17?,21-/m0/s1. The number of carbonyl (C=O) groups is 2. The van der Waals surface area contributed by atoms with Crippen LogP contribution in [-0.4, -0.2) is 29.4 Å². The first kappa shape index (κ1) is 21.8. The van der Waals surface area contributed by atoms with Gasteiger partial charge >= 0.3 is 0 Å². The molecular formula is C24H29ClN4O2. The summed E-state index contributed by atoms with van der Waals surface area (Å²) < 4.78 is 0. The average Bonchev–Trinajstić information content (AvgIpc) is 3.60. The van der Waals surface area contributed by atoms with Gasteiger partial charge in [0.2, 0.25) is 11.8 Å². The summed E-state index contributed by atoms with van der Waals surface area (Å²) in [6.07, 6.45) is 8.47. The van der Waals surface area contributed by atoms with Gasteiger partial charge in [0.15, 0.2) is 0 Å². The van der Waals surface area contributed by atoms with Crippen molar-refractivity contribution in [2.45, 2.75) is 50.0 Å². The van der Waals surface area contributed by atoms with Gasteiger partial charge in [-0.2, -0.15) is 0 Å². The number of nitrogens with zero attached hydrogens (tertiary/aromatic N) is 1. The molecule has 0 bridgehead atoms. The highest BCUT2D eigenvalue weighted by molar-refractivity contribution is 6.30. The predicted octanol–water partition coefficient (Wildman–Crippen LogP) is 3.66. The second-order valence-corrected chi connectivity index (χ2v) is 9.24. The van der Waals surface area contributed by atoms with Gasteiger partial charge in [0.25, 0.3) is 0 Å². The van der Waals surface area contributed by atoms with E-state index < -0.39 is 5.41 Å². The molecule has 2 fully saturated rings. The van der Waals surface area contributed by atoms with Gasteiger partial charge < -0.3 is 16.4 Å². The molecule has 6 nitrogen and oxygen atoms in total. The van der Waals surface area contributed by atoms with Crippen molar-refractivity contribution in [2.75, 3.05) is 11.9 Å². The average molecular weight is 441 g/mol. The summed E-state index contributed by atoms with van der Waals surface area (Å²) in [5.74, 6) is 0.433. The number of pyridine rings is 1. The van der Waals surface area contributed by atoms with E-state index in [0.29, 0.717) is 17.5 Å². The van der Waals surface area contributed by atoms with Crippen LogP contribution in [0.1, 0.15) is 44.1 Å². The molecule has 2 aliphatic carbocycles. The molecule has 164 valence electrons. The maximum Gasteiger partial charge on any atom is 0.230 e. The molecule has 31 heavy (non-hydrogen) atoms. The highest BCUT2D eigenvalue weighted by Crippen LogP contribution is 2.48. The summed E-state index contributed by atoms with van der Waals surface area (Å²) in [6.45, 7) is 0.465. The fourth-order valence-corrected chi connectivity index (χ4v) is 4.70. The topological polar surface area (TPSA) is 97.1 Å². The summed E-state index contributed by atoms with van der Waals surface area (Å²) >= 11 is 5.98. The van der Waals surface area contributed by atoms with Gasteiger partial charge in [0, 0.05) is 41.6 Å². The minimum absolute atomic E-state index is 0.00541. The van der Waals surface area contributed by atoms with Crippen LogP contribution >= 0.6 is 11.6 Å². The summed E-state index contributed by atoms with van der Waals surface area (Å²) in [5.41, 5.74) is 7.79. The fourth-order valence-electron chi connectivity index (χ4n) is 4.58. The van der Waals surface area contributed by atoms with E-state index in [-0.39, 0.29) is 23.8 Å². The van der Waals surface area contributed by atoms with Crippen molar-refractivity contribution in [1.82, 2.24) is 10.3 Å². The van der Waals surface area contributed by atoms with E-state index in [4.69, 9.17) is 17.3 Å². The molecule has 0 spiro atoms. The first-order chi connectivity index (χ1) is 15.0. The highest BCUT2D eigenvalue weighted by Gasteiger charge is 2.51. The van der Waals surface area contributed by atoms with Crippen LogP contribution in [0.25, 0.3) is 0 Å². The Balaban J connectivity index is 1.23. The molecule has 0 unspecified atom stereocenters. The van der Waals surface area contributed by atoms with Gasteiger partial charge in [0.05, 0.1) is 5.41 Å². The molecular weight excluding hydrogens is 412 g/mol. The van der Waals surface area contributed by atoms with Crippen molar-refractivity contribution in [3.63, 3.8) is 0 Å². The zero-order valence-electron chi connectivity index (χ0n) is 17.5. The SMILES string of the molecule is N[C@@H](CNC(=O)C1(c2ccc(Cl)cc2)CC1)C1CCC(C(=O)Nc2ccncc2)CC1. The monoisotopic (exact) mass is 440 g/mol. The molecule has 0 saturated heterocycles. The molecule has 2 aliphatic rings. The Hall–Kier alpha value is -2.44. The van der Waals surface area contributed by atoms with Gasteiger partial charge in [-0.3, -0.25) is 14.6 Å². The molecule has 2 amide bonds. The number of nitrogens with two attached hydrogens (primary N) is 1. The Morgan fingerprint density at radius 3 is 2.32 bits per heavy atom. The number of amides is 2. The number of hydrogen-bond acceptors (Lipinski definition) is 4. The molecule has 4 N–H and O–H groups in total. The van der Waals surface area contributed by atoms with Crippen molar-refractivity contribution in [3.8, 4) is 0 Å². The van der Waals surface area contributed by atoms with E-state index in [9.17, 15) is 9.59 Å². The fraction of sp³-hybridized carbons (Fsp3) is 0.458. The number of rotatable bonds is 7. The zero-order valence-corrected chi connectivity index (χ0v) is 18.3. The van der Waals surface area contributed by atoms with Gasteiger partial charge in [-0.15, -0.1) is 0 Å². The zero-order chi connectivity index (χ0) is 21.8. The Labute approximate surface area is 188 Å². The Kier molecular flexibility index (Phi) is 6.58. The molecule has 1 aromatic carbocycles. The Morgan fingerprint density at radius 1 is 1.06 bits per heavy atom. The number of benzene rings is 1. The second kappa shape index (κ2) is 9.37. The maximum absolute atomic E-state index is 12.9. The van der Waals surface area contributed by atoms with Crippen molar-refractivity contribution in [2.24, 2.45) is 17.6 Å². The molecule has 1 atom stereocenters. The largest absolute Gasteiger partial charge is 0.354 e. The van der Waals surface area contributed by atoms with Crippen LogP contribution in [0.3, 0.4) is 0 Å². The van der Waals surface area contributed by atoms with Crippen LogP contribution in [0.15, 0.2) is 48.8 Å². The Bertz CT molecular complexity index is 907. The normalized spacial score (nSPS) is 22.9. The van der Waals surface area contributed by atoms with Crippen LogP contribution in [0, 0.1) is 11.8 Å². The third-order valence-corrected chi connectivity index (χ3v) is 7.03. The number of hydrogen-bond donors (Lipinski definition) is 3. The third-order valence-electron chi connectivity index (χ3n) is 6.78. The van der Waals surface area contributed by atoms with Crippen LogP contribution in [0.4, 0.5) is 5.69 Å². The summed E-state index contributed by atoms with van der Waals surface area (Å²) in [4.78, 5) is 29.3. The highest BCUT2D eigenvalue weighted by atomic mass is 35.5. The molecule has 1 heterocycles. The minimum atomic E-state index is -0.424. The molecule has 7 heteroatoms. The molecule has 4 rings (SSSR count). The van der Waals surface area contributed by atoms with Crippen molar-refractivity contribution in [1.29, 1.82) is 0 Å². The molecule has 0 aliphatic heterocycles. The lowest BCUT2D eigenvalue weighted by atomic mass is 9.78. The van der Waals surface area contributed by atoms with Crippen molar-refractivity contribution in [3.05, 3.63) is 59.4 Å². The van der Waals surface area contributed by atoms with E-state index in [1.165, 1.54) is 0 Å².